The third-order valence-electron chi connectivity index (χ3n) is 4.36. The summed E-state index contributed by atoms with van der Waals surface area (Å²) in [6, 6.07) is 20.6. The molecule has 0 aliphatic heterocycles. The molecule has 2 aromatic carbocycles. The van der Waals surface area contributed by atoms with Gasteiger partial charge in [0.25, 0.3) is 11.8 Å². The standard InChI is InChI=1S/C23H23N3O2/c27-22(25-15-5-8-18-6-2-1-3-7-18)20-10-12-21(13-11-20)23(28)26-17-19-9-4-14-24-16-19/h1-4,6-7,9-14,16H,5,8,15,17H2,(H,25,27)(H,26,28). The number of carbonyl (C=O) groups excluding carboxylic acids is 2. The first-order chi connectivity index (χ1) is 13.7. The summed E-state index contributed by atoms with van der Waals surface area (Å²) in [5.74, 6) is -0.311. The van der Waals surface area contributed by atoms with Gasteiger partial charge >= 0.3 is 0 Å². The number of amides is 2. The van der Waals surface area contributed by atoms with Gasteiger partial charge in [-0.2, -0.15) is 0 Å². The number of aryl methyl sites for hydroxylation is 1. The van der Waals surface area contributed by atoms with E-state index in [1.807, 2.05) is 30.3 Å². The van der Waals surface area contributed by atoms with E-state index in [0.29, 0.717) is 24.2 Å². The van der Waals surface area contributed by atoms with Crippen LogP contribution in [0.3, 0.4) is 0 Å². The largest absolute Gasteiger partial charge is 0.352 e. The molecule has 0 aliphatic carbocycles. The minimum Gasteiger partial charge on any atom is -0.352 e. The number of aromatic nitrogens is 1. The summed E-state index contributed by atoms with van der Waals surface area (Å²) in [6.07, 6.45) is 5.21. The molecule has 5 nitrogen and oxygen atoms in total. The van der Waals surface area contributed by atoms with Gasteiger partial charge in [-0.15, -0.1) is 0 Å². The Hall–Kier alpha value is -3.47. The number of carbonyl (C=O) groups is 2. The zero-order chi connectivity index (χ0) is 19.6. The lowest BCUT2D eigenvalue weighted by molar-refractivity contribution is 0.0940. The molecule has 0 atom stereocenters. The average Bonchev–Trinajstić information content (AvgIpc) is 2.76. The van der Waals surface area contributed by atoms with Crippen LogP contribution in [0.25, 0.3) is 0 Å². The maximum Gasteiger partial charge on any atom is 0.251 e. The van der Waals surface area contributed by atoms with Crippen molar-refractivity contribution in [3.05, 3.63) is 101 Å². The van der Waals surface area contributed by atoms with Crippen molar-refractivity contribution in [2.75, 3.05) is 6.54 Å². The fourth-order valence-corrected chi connectivity index (χ4v) is 2.80. The monoisotopic (exact) mass is 373 g/mol. The van der Waals surface area contributed by atoms with Crippen molar-refractivity contribution in [2.45, 2.75) is 19.4 Å². The van der Waals surface area contributed by atoms with E-state index < -0.39 is 0 Å². The van der Waals surface area contributed by atoms with Crippen molar-refractivity contribution >= 4 is 11.8 Å². The lowest BCUT2D eigenvalue weighted by Crippen LogP contribution is -2.25. The topological polar surface area (TPSA) is 71.1 Å². The van der Waals surface area contributed by atoms with Crippen LogP contribution in [-0.4, -0.2) is 23.3 Å². The van der Waals surface area contributed by atoms with E-state index in [1.54, 1.807) is 36.7 Å². The fraction of sp³-hybridized carbons (Fsp3) is 0.174. The number of hydrogen-bond acceptors (Lipinski definition) is 3. The summed E-state index contributed by atoms with van der Waals surface area (Å²) in [5, 5.41) is 5.76. The molecule has 1 heterocycles. The molecule has 1 aromatic heterocycles. The summed E-state index contributed by atoms with van der Waals surface area (Å²) in [7, 11) is 0. The number of nitrogens with one attached hydrogen (secondary N) is 2. The van der Waals surface area contributed by atoms with Gasteiger partial charge in [0.1, 0.15) is 0 Å². The van der Waals surface area contributed by atoms with Gasteiger partial charge in [0.05, 0.1) is 0 Å². The predicted molar refractivity (Wildman–Crippen MR) is 109 cm³/mol. The van der Waals surface area contributed by atoms with Gasteiger partial charge in [-0.3, -0.25) is 14.6 Å². The van der Waals surface area contributed by atoms with Crippen LogP contribution in [-0.2, 0) is 13.0 Å². The SMILES string of the molecule is O=C(NCCCc1ccccc1)c1ccc(C(=O)NCc2cccnc2)cc1. The molecule has 0 unspecified atom stereocenters. The zero-order valence-corrected chi connectivity index (χ0v) is 15.6. The lowest BCUT2D eigenvalue weighted by atomic mass is 10.1. The summed E-state index contributed by atoms with van der Waals surface area (Å²) in [6.45, 7) is 1.03. The Morgan fingerprint density at radius 1 is 0.750 bits per heavy atom. The molecular weight excluding hydrogens is 350 g/mol. The highest BCUT2D eigenvalue weighted by Crippen LogP contribution is 2.06. The van der Waals surface area contributed by atoms with E-state index in [0.717, 1.165) is 18.4 Å². The molecule has 28 heavy (non-hydrogen) atoms. The van der Waals surface area contributed by atoms with Crippen LogP contribution in [0.4, 0.5) is 0 Å². The van der Waals surface area contributed by atoms with Crippen LogP contribution >= 0.6 is 0 Å². The summed E-state index contributed by atoms with van der Waals surface area (Å²) in [5.41, 5.74) is 3.26. The van der Waals surface area contributed by atoms with Gasteiger partial charge in [0, 0.05) is 36.6 Å². The van der Waals surface area contributed by atoms with E-state index >= 15 is 0 Å². The molecule has 3 aromatic rings. The molecule has 0 spiro atoms. The van der Waals surface area contributed by atoms with Crippen molar-refractivity contribution < 1.29 is 9.59 Å². The molecule has 0 fully saturated rings. The molecule has 0 bridgehead atoms. The summed E-state index contributed by atoms with van der Waals surface area (Å²) >= 11 is 0. The second kappa shape index (κ2) is 10.0. The van der Waals surface area contributed by atoms with Crippen molar-refractivity contribution in [3.8, 4) is 0 Å². The number of pyridine rings is 1. The van der Waals surface area contributed by atoms with Crippen LogP contribution in [0.2, 0.25) is 0 Å². The zero-order valence-electron chi connectivity index (χ0n) is 15.6. The van der Waals surface area contributed by atoms with Crippen molar-refractivity contribution in [1.82, 2.24) is 15.6 Å². The van der Waals surface area contributed by atoms with Gasteiger partial charge in [-0.1, -0.05) is 36.4 Å². The van der Waals surface area contributed by atoms with Gasteiger partial charge in [0.2, 0.25) is 0 Å². The highest BCUT2D eigenvalue weighted by molar-refractivity contribution is 5.97. The average molecular weight is 373 g/mol. The molecule has 2 N–H and O–H groups in total. The molecule has 0 radical (unpaired) electrons. The smallest absolute Gasteiger partial charge is 0.251 e. The summed E-state index contributed by atoms with van der Waals surface area (Å²) < 4.78 is 0. The Labute approximate surface area is 164 Å². The Bertz CT molecular complexity index is 894. The molecule has 0 saturated carbocycles. The van der Waals surface area contributed by atoms with Gasteiger partial charge < -0.3 is 10.6 Å². The van der Waals surface area contributed by atoms with Crippen molar-refractivity contribution in [3.63, 3.8) is 0 Å². The van der Waals surface area contributed by atoms with E-state index in [2.05, 4.69) is 27.8 Å². The van der Waals surface area contributed by atoms with Crippen molar-refractivity contribution in [2.24, 2.45) is 0 Å². The maximum atomic E-state index is 12.2. The second-order valence-corrected chi connectivity index (χ2v) is 6.47. The summed E-state index contributed by atoms with van der Waals surface area (Å²) in [4.78, 5) is 28.5. The third-order valence-corrected chi connectivity index (χ3v) is 4.36. The lowest BCUT2D eigenvalue weighted by Gasteiger charge is -2.07. The Balaban J connectivity index is 1.43. The van der Waals surface area contributed by atoms with Gasteiger partial charge in [-0.25, -0.2) is 0 Å². The Morgan fingerprint density at radius 2 is 1.39 bits per heavy atom. The third kappa shape index (κ3) is 5.77. The van der Waals surface area contributed by atoms with Crippen LogP contribution in [0.1, 0.15) is 38.3 Å². The first-order valence-electron chi connectivity index (χ1n) is 9.31. The van der Waals surface area contributed by atoms with Crippen molar-refractivity contribution in [1.29, 1.82) is 0 Å². The molecule has 0 saturated heterocycles. The number of rotatable bonds is 8. The number of benzene rings is 2. The first-order valence-corrected chi connectivity index (χ1v) is 9.31. The Morgan fingerprint density at radius 3 is 2.04 bits per heavy atom. The second-order valence-electron chi connectivity index (χ2n) is 6.47. The Kier molecular flexibility index (Phi) is 6.90. The first kappa shape index (κ1) is 19.3. The molecule has 142 valence electrons. The van der Waals surface area contributed by atoms with Crippen LogP contribution in [0.15, 0.2) is 79.1 Å². The molecular formula is C23H23N3O2. The maximum absolute atomic E-state index is 12.2. The van der Waals surface area contributed by atoms with Gasteiger partial charge in [-0.05, 0) is 54.3 Å². The highest BCUT2D eigenvalue weighted by atomic mass is 16.2. The molecule has 0 aliphatic rings. The van der Waals surface area contributed by atoms with Crippen LogP contribution in [0.5, 0.6) is 0 Å². The van der Waals surface area contributed by atoms with Crippen LogP contribution in [0, 0.1) is 0 Å². The normalized spacial score (nSPS) is 10.3. The molecule has 3 rings (SSSR count). The van der Waals surface area contributed by atoms with E-state index in [9.17, 15) is 9.59 Å². The quantitative estimate of drug-likeness (QED) is 0.595. The van der Waals surface area contributed by atoms with Crippen LogP contribution < -0.4 is 10.6 Å². The highest BCUT2D eigenvalue weighted by Gasteiger charge is 2.08. The van der Waals surface area contributed by atoms with E-state index in [1.165, 1.54) is 5.56 Å². The predicted octanol–water partition coefficient (Wildman–Crippen LogP) is 3.37. The molecule has 5 heteroatoms. The number of hydrogen-bond donors (Lipinski definition) is 2. The van der Waals surface area contributed by atoms with E-state index in [-0.39, 0.29) is 11.8 Å². The minimum absolute atomic E-state index is 0.129. The number of nitrogens with zero attached hydrogens (tertiary/aromatic N) is 1. The fourth-order valence-electron chi connectivity index (χ4n) is 2.80. The molecule has 2 amide bonds. The minimum atomic E-state index is -0.182. The van der Waals surface area contributed by atoms with E-state index in [4.69, 9.17) is 0 Å². The van der Waals surface area contributed by atoms with Gasteiger partial charge in [0.15, 0.2) is 0 Å².